The number of nitrogens with one attached hydrogen (secondary N) is 1. The van der Waals surface area contributed by atoms with Gasteiger partial charge in [-0.25, -0.2) is 0 Å². The Morgan fingerprint density at radius 3 is 2.59 bits per heavy atom. The number of nitrogens with zero attached hydrogens (tertiary/aromatic N) is 2. The summed E-state index contributed by atoms with van der Waals surface area (Å²) in [7, 11) is 1.88. The summed E-state index contributed by atoms with van der Waals surface area (Å²) in [6, 6.07) is 9.63. The molecule has 4 atom stereocenters. The predicted octanol–water partition coefficient (Wildman–Crippen LogP) is 3.12. The third-order valence-corrected chi connectivity index (χ3v) is 6.12. The maximum Gasteiger partial charge on any atom is 0.194 e. The zero-order valence-electron chi connectivity index (χ0n) is 16.9. The van der Waals surface area contributed by atoms with Crippen LogP contribution in [0.15, 0.2) is 29.3 Å². The first kappa shape index (κ1) is 18.8. The van der Waals surface area contributed by atoms with Crippen molar-refractivity contribution < 1.29 is 9.47 Å². The zero-order chi connectivity index (χ0) is 18.8. The van der Waals surface area contributed by atoms with E-state index in [0.29, 0.717) is 17.9 Å². The summed E-state index contributed by atoms with van der Waals surface area (Å²) in [6.07, 6.45) is 3.86. The molecular weight excluding hydrogens is 338 g/mol. The van der Waals surface area contributed by atoms with Gasteiger partial charge < -0.3 is 19.7 Å². The molecule has 1 saturated carbocycles. The maximum absolute atomic E-state index is 5.98. The van der Waals surface area contributed by atoms with Crippen LogP contribution in [0.2, 0.25) is 0 Å². The first-order chi connectivity index (χ1) is 13.2. The van der Waals surface area contributed by atoms with Crippen molar-refractivity contribution in [1.82, 2.24) is 10.2 Å². The van der Waals surface area contributed by atoms with Crippen molar-refractivity contribution in [3.8, 4) is 0 Å². The fourth-order valence-corrected chi connectivity index (χ4v) is 4.30. The Kier molecular flexibility index (Phi) is 5.69. The van der Waals surface area contributed by atoms with Crippen LogP contribution in [0.5, 0.6) is 0 Å². The maximum atomic E-state index is 5.98. The van der Waals surface area contributed by atoms with Crippen LogP contribution in [-0.2, 0) is 9.47 Å². The molecule has 4 rings (SSSR count). The van der Waals surface area contributed by atoms with Crippen LogP contribution >= 0.6 is 0 Å². The lowest BCUT2D eigenvalue weighted by atomic mass is 10.0. The molecule has 0 bridgehead atoms. The van der Waals surface area contributed by atoms with E-state index in [1.807, 2.05) is 7.05 Å². The molecule has 2 saturated heterocycles. The Hall–Kier alpha value is -1.59. The van der Waals surface area contributed by atoms with E-state index >= 15 is 0 Å². The fraction of sp³-hybridized carbons (Fsp3) is 0.682. The summed E-state index contributed by atoms with van der Waals surface area (Å²) in [5.74, 6) is 2.19. The average Bonchev–Trinajstić information content (AvgIpc) is 3.24. The van der Waals surface area contributed by atoms with Gasteiger partial charge in [0.15, 0.2) is 5.96 Å². The van der Waals surface area contributed by atoms with E-state index in [1.54, 1.807) is 0 Å². The summed E-state index contributed by atoms with van der Waals surface area (Å²) >= 11 is 0. The zero-order valence-corrected chi connectivity index (χ0v) is 16.9. The van der Waals surface area contributed by atoms with Crippen LogP contribution in [0.4, 0.5) is 0 Å². The molecule has 0 aromatic heterocycles. The molecule has 2 heterocycles. The van der Waals surface area contributed by atoms with E-state index in [1.165, 1.54) is 17.5 Å². The van der Waals surface area contributed by atoms with Gasteiger partial charge in [0, 0.05) is 38.7 Å². The Labute approximate surface area is 163 Å². The van der Waals surface area contributed by atoms with Crippen LogP contribution in [0.1, 0.15) is 56.1 Å². The highest BCUT2D eigenvalue weighted by atomic mass is 16.5. The number of aliphatic imine (C=N–C) groups is 1. The minimum Gasteiger partial charge on any atom is -0.375 e. The quantitative estimate of drug-likeness (QED) is 0.652. The first-order valence-corrected chi connectivity index (χ1v) is 10.5. The van der Waals surface area contributed by atoms with Crippen molar-refractivity contribution in [2.24, 2.45) is 4.99 Å². The van der Waals surface area contributed by atoms with Crippen LogP contribution in [0.25, 0.3) is 0 Å². The SMILES string of the molecule is CN=C(NC1CC1c1ccc(C(C)C)cc1)N1CCOC(C2CCCO2)C1. The molecule has 1 aliphatic carbocycles. The van der Waals surface area contributed by atoms with Crippen molar-refractivity contribution in [3.63, 3.8) is 0 Å². The molecule has 5 nitrogen and oxygen atoms in total. The average molecular weight is 372 g/mol. The lowest BCUT2D eigenvalue weighted by Gasteiger charge is -2.37. The normalized spacial score (nSPS) is 31.4. The third kappa shape index (κ3) is 4.30. The fourth-order valence-electron chi connectivity index (χ4n) is 4.30. The highest BCUT2D eigenvalue weighted by molar-refractivity contribution is 5.81. The Morgan fingerprint density at radius 2 is 1.93 bits per heavy atom. The summed E-state index contributed by atoms with van der Waals surface area (Å²) in [4.78, 5) is 6.89. The number of rotatable bonds is 4. The van der Waals surface area contributed by atoms with Gasteiger partial charge in [-0.15, -0.1) is 0 Å². The molecule has 1 aromatic rings. The number of hydrogen-bond donors (Lipinski definition) is 1. The standard InChI is InChI=1S/C22H33N3O2/c1-15(2)16-6-8-17(9-7-16)18-13-19(18)24-22(23-3)25-10-12-27-21(14-25)20-5-4-11-26-20/h6-9,15,18-21H,4-5,10-14H2,1-3H3,(H,23,24). The molecule has 0 radical (unpaired) electrons. The Balaban J connectivity index is 1.33. The minimum atomic E-state index is 0.165. The molecule has 3 aliphatic rings. The van der Waals surface area contributed by atoms with Gasteiger partial charge >= 0.3 is 0 Å². The molecule has 2 aliphatic heterocycles. The van der Waals surface area contributed by atoms with Gasteiger partial charge in [-0.1, -0.05) is 38.1 Å². The summed E-state index contributed by atoms with van der Waals surface area (Å²) < 4.78 is 11.8. The van der Waals surface area contributed by atoms with E-state index in [0.717, 1.165) is 45.1 Å². The second kappa shape index (κ2) is 8.19. The summed E-state index contributed by atoms with van der Waals surface area (Å²) in [5, 5.41) is 3.69. The number of benzene rings is 1. The van der Waals surface area contributed by atoms with Crippen molar-refractivity contribution in [2.75, 3.05) is 33.4 Å². The number of guanidine groups is 1. The molecule has 5 heteroatoms. The first-order valence-electron chi connectivity index (χ1n) is 10.5. The van der Waals surface area contributed by atoms with Gasteiger partial charge in [-0.05, 0) is 36.3 Å². The van der Waals surface area contributed by atoms with Gasteiger partial charge in [0.1, 0.15) is 6.10 Å². The molecule has 0 amide bonds. The molecule has 1 N–H and O–H groups in total. The van der Waals surface area contributed by atoms with Gasteiger partial charge in [0.25, 0.3) is 0 Å². The second-order valence-corrected chi connectivity index (χ2v) is 8.37. The Bertz CT molecular complexity index is 652. The van der Waals surface area contributed by atoms with E-state index in [4.69, 9.17) is 9.47 Å². The Morgan fingerprint density at radius 1 is 1.15 bits per heavy atom. The molecular formula is C22H33N3O2. The molecule has 27 heavy (non-hydrogen) atoms. The van der Waals surface area contributed by atoms with E-state index in [9.17, 15) is 0 Å². The molecule has 1 aromatic carbocycles. The lowest BCUT2D eigenvalue weighted by Crippen LogP contribution is -2.53. The van der Waals surface area contributed by atoms with Crippen LogP contribution in [0, 0.1) is 0 Å². The topological polar surface area (TPSA) is 46.1 Å². The van der Waals surface area contributed by atoms with Gasteiger partial charge in [0.2, 0.25) is 0 Å². The largest absolute Gasteiger partial charge is 0.375 e. The van der Waals surface area contributed by atoms with Gasteiger partial charge in [-0.3, -0.25) is 4.99 Å². The van der Waals surface area contributed by atoms with Gasteiger partial charge in [-0.2, -0.15) is 0 Å². The molecule has 3 fully saturated rings. The predicted molar refractivity (Wildman–Crippen MR) is 108 cm³/mol. The van der Waals surface area contributed by atoms with E-state index < -0.39 is 0 Å². The van der Waals surface area contributed by atoms with Crippen LogP contribution < -0.4 is 5.32 Å². The highest BCUT2D eigenvalue weighted by Gasteiger charge is 2.40. The summed E-state index contributed by atoms with van der Waals surface area (Å²) in [5.41, 5.74) is 2.85. The third-order valence-electron chi connectivity index (χ3n) is 6.12. The van der Waals surface area contributed by atoms with Crippen molar-refractivity contribution in [3.05, 3.63) is 35.4 Å². The van der Waals surface area contributed by atoms with Crippen molar-refractivity contribution in [1.29, 1.82) is 0 Å². The number of ether oxygens (including phenoxy) is 2. The highest BCUT2D eigenvalue weighted by Crippen LogP contribution is 2.41. The molecule has 148 valence electrons. The van der Waals surface area contributed by atoms with E-state index in [-0.39, 0.29) is 12.2 Å². The van der Waals surface area contributed by atoms with Gasteiger partial charge in [0.05, 0.1) is 12.7 Å². The van der Waals surface area contributed by atoms with E-state index in [2.05, 4.69) is 53.3 Å². The minimum absolute atomic E-state index is 0.165. The number of hydrogen-bond acceptors (Lipinski definition) is 3. The van der Waals surface area contributed by atoms with Crippen LogP contribution in [0.3, 0.4) is 0 Å². The molecule has 4 unspecified atom stereocenters. The van der Waals surface area contributed by atoms with Crippen molar-refractivity contribution in [2.45, 2.75) is 63.2 Å². The van der Waals surface area contributed by atoms with Crippen LogP contribution in [-0.4, -0.2) is 62.5 Å². The monoisotopic (exact) mass is 371 g/mol. The lowest BCUT2D eigenvalue weighted by molar-refractivity contribution is -0.0817. The number of morpholine rings is 1. The summed E-state index contributed by atoms with van der Waals surface area (Å²) in [6.45, 7) is 7.86. The smallest absolute Gasteiger partial charge is 0.194 e. The molecule has 0 spiro atoms. The van der Waals surface area contributed by atoms with Crippen molar-refractivity contribution >= 4 is 5.96 Å². The second-order valence-electron chi connectivity index (χ2n) is 8.37.